The molecular formula is C26H34O5. The molecule has 4 rings (SSSR count). The molecule has 0 heterocycles. The van der Waals surface area contributed by atoms with Gasteiger partial charge in [-0.25, -0.2) is 0 Å². The SMILES string of the molecule is C#C[C@@]1(OC(=O)CCC(=O)O)C[C@@H]2CC[C@H]3C4CC[C@@](O)(C#C)[C@@]4(C)CC[C@@H]3[C@@]2(C)C1. The van der Waals surface area contributed by atoms with E-state index in [0.717, 1.165) is 32.1 Å². The van der Waals surface area contributed by atoms with Gasteiger partial charge in [-0.3, -0.25) is 9.59 Å². The van der Waals surface area contributed by atoms with E-state index >= 15 is 0 Å². The van der Waals surface area contributed by atoms with Crippen LogP contribution in [0.2, 0.25) is 0 Å². The standard InChI is InChI=1S/C26H34O5/c1-5-25(31-22(29)10-9-21(27)28)15-17-7-8-18-19(23(17,3)16-25)11-13-24(4)20(18)12-14-26(24,30)6-2/h1-2,17-20,30H,7-16H2,3-4H3,(H,27,28)/t17-,18+,19-,20?,23-,24-,25+,26-/m0/s1. The van der Waals surface area contributed by atoms with E-state index in [-0.39, 0.29) is 23.7 Å². The smallest absolute Gasteiger partial charge is 0.307 e. The molecule has 168 valence electrons. The summed E-state index contributed by atoms with van der Waals surface area (Å²) in [4.78, 5) is 23.1. The Morgan fingerprint density at radius 2 is 1.74 bits per heavy atom. The summed E-state index contributed by atoms with van der Waals surface area (Å²) >= 11 is 0. The molecule has 0 spiro atoms. The second kappa shape index (κ2) is 7.28. The van der Waals surface area contributed by atoms with Crippen LogP contribution in [0, 0.1) is 59.2 Å². The highest BCUT2D eigenvalue weighted by atomic mass is 16.6. The Morgan fingerprint density at radius 1 is 1.03 bits per heavy atom. The van der Waals surface area contributed by atoms with Crippen LogP contribution >= 0.6 is 0 Å². The molecule has 0 amide bonds. The van der Waals surface area contributed by atoms with Crippen LogP contribution in [-0.4, -0.2) is 33.4 Å². The zero-order valence-corrected chi connectivity index (χ0v) is 18.7. The number of terminal acetylenes is 2. The highest BCUT2D eigenvalue weighted by Gasteiger charge is 2.67. The summed E-state index contributed by atoms with van der Waals surface area (Å²) in [5, 5.41) is 20.0. The van der Waals surface area contributed by atoms with E-state index in [4.69, 9.17) is 22.7 Å². The van der Waals surface area contributed by atoms with Crippen LogP contribution in [0.5, 0.6) is 0 Å². The Kier molecular flexibility index (Phi) is 5.22. The van der Waals surface area contributed by atoms with Gasteiger partial charge in [0.1, 0.15) is 5.60 Å². The van der Waals surface area contributed by atoms with E-state index in [2.05, 4.69) is 25.7 Å². The molecule has 1 unspecified atom stereocenters. The number of carbonyl (C=O) groups excluding carboxylic acids is 1. The maximum Gasteiger partial charge on any atom is 0.307 e. The minimum Gasteiger partial charge on any atom is -0.481 e. The van der Waals surface area contributed by atoms with Crippen molar-refractivity contribution in [3.63, 3.8) is 0 Å². The van der Waals surface area contributed by atoms with Crippen LogP contribution in [-0.2, 0) is 14.3 Å². The molecule has 5 heteroatoms. The average Bonchev–Trinajstić information content (AvgIpc) is 3.17. The fraction of sp³-hybridized carbons (Fsp3) is 0.769. The molecule has 0 aromatic carbocycles. The van der Waals surface area contributed by atoms with E-state index in [1.54, 1.807) is 0 Å². The van der Waals surface area contributed by atoms with Gasteiger partial charge in [0.15, 0.2) is 5.60 Å². The number of carboxylic acid groups (broad SMARTS) is 1. The topological polar surface area (TPSA) is 83.8 Å². The molecule has 31 heavy (non-hydrogen) atoms. The lowest BCUT2D eigenvalue weighted by Gasteiger charge is -2.58. The van der Waals surface area contributed by atoms with Gasteiger partial charge in [-0.1, -0.05) is 25.7 Å². The van der Waals surface area contributed by atoms with Gasteiger partial charge in [0.05, 0.1) is 12.8 Å². The first-order chi connectivity index (χ1) is 14.5. The average molecular weight is 427 g/mol. The predicted molar refractivity (Wildman–Crippen MR) is 115 cm³/mol. The molecule has 4 aliphatic rings. The normalized spacial score (nSPS) is 47.9. The molecule has 0 radical (unpaired) electrons. The number of hydrogen-bond donors (Lipinski definition) is 2. The molecule has 4 saturated carbocycles. The third-order valence-corrected chi connectivity index (χ3v) is 9.81. The molecule has 8 atom stereocenters. The summed E-state index contributed by atoms with van der Waals surface area (Å²) in [5.74, 6) is 5.73. The van der Waals surface area contributed by atoms with E-state index in [9.17, 15) is 14.7 Å². The first kappa shape index (κ1) is 22.2. The number of carboxylic acids is 1. The number of aliphatic carboxylic acids is 1. The van der Waals surface area contributed by atoms with Gasteiger partial charge in [0.25, 0.3) is 0 Å². The monoisotopic (exact) mass is 426 g/mol. The van der Waals surface area contributed by atoms with Crippen LogP contribution in [0.3, 0.4) is 0 Å². The number of ether oxygens (including phenoxy) is 1. The molecular weight excluding hydrogens is 392 g/mol. The van der Waals surface area contributed by atoms with Gasteiger partial charge in [-0.15, -0.1) is 12.8 Å². The number of hydrogen-bond acceptors (Lipinski definition) is 4. The van der Waals surface area contributed by atoms with E-state index < -0.39 is 23.1 Å². The fourth-order valence-electron chi connectivity index (χ4n) is 8.18. The number of fused-ring (bicyclic) bond motifs is 5. The third kappa shape index (κ3) is 3.20. The largest absolute Gasteiger partial charge is 0.481 e. The molecule has 4 fully saturated rings. The lowest BCUT2D eigenvalue weighted by Crippen LogP contribution is -2.54. The summed E-state index contributed by atoms with van der Waals surface area (Å²) in [5.41, 5.74) is -2.23. The second-order valence-corrected chi connectivity index (χ2v) is 11.0. The van der Waals surface area contributed by atoms with Crippen molar-refractivity contribution in [1.82, 2.24) is 0 Å². The zero-order valence-electron chi connectivity index (χ0n) is 18.7. The van der Waals surface area contributed by atoms with Crippen molar-refractivity contribution in [3.8, 4) is 24.7 Å². The molecule has 0 aromatic heterocycles. The minimum atomic E-state index is -1.02. The number of aliphatic hydroxyl groups is 1. The Balaban J connectivity index is 1.55. The summed E-state index contributed by atoms with van der Waals surface area (Å²) in [6, 6.07) is 0. The van der Waals surface area contributed by atoms with Gasteiger partial charge in [-0.2, -0.15) is 0 Å². The maximum atomic E-state index is 12.3. The van der Waals surface area contributed by atoms with Gasteiger partial charge in [0, 0.05) is 18.3 Å². The Morgan fingerprint density at radius 3 is 2.39 bits per heavy atom. The number of rotatable bonds is 4. The van der Waals surface area contributed by atoms with E-state index in [0.29, 0.717) is 42.9 Å². The van der Waals surface area contributed by atoms with Crippen LogP contribution in [0.25, 0.3) is 0 Å². The summed E-state index contributed by atoms with van der Waals surface area (Å²) in [6.45, 7) is 4.49. The Bertz CT molecular complexity index is 866. The van der Waals surface area contributed by atoms with Crippen molar-refractivity contribution in [2.45, 2.75) is 89.3 Å². The van der Waals surface area contributed by atoms with Crippen molar-refractivity contribution in [2.24, 2.45) is 34.5 Å². The highest BCUT2D eigenvalue weighted by molar-refractivity contribution is 5.77. The van der Waals surface area contributed by atoms with Crippen molar-refractivity contribution in [3.05, 3.63) is 0 Å². The quantitative estimate of drug-likeness (QED) is 0.528. The Labute approximate surface area is 185 Å². The van der Waals surface area contributed by atoms with Gasteiger partial charge in [0.2, 0.25) is 0 Å². The lowest BCUT2D eigenvalue weighted by atomic mass is 9.47. The number of esters is 1. The molecule has 0 bridgehead atoms. The zero-order chi connectivity index (χ0) is 22.7. The molecule has 5 nitrogen and oxygen atoms in total. The maximum absolute atomic E-state index is 12.3. The molecule has 0 saturated heterocycles. The second-order valence-electron chi connectivity index (χ2n) is 11.0. The molecule has 0 aliphatic heterocycles. The summed E-state index contributed by atoms with van der Waals surface area (Å²) < 4.78 is 5.79. The predicted octanol–water partition coefficient (Wildman–Crippen LogP) is 3.78. The minimum absolute atomic E-state index is 0.0272. The molecule has 2 N–H and O–H groups in total. The lowest BCUT2D eigenvalue weighted by molar-refractivity contribution is -0.157. The van der Waals surface area contributed by atoms with Crippen LogP contribution in [0.4, 0.5) is 0 Å². The summed E-state index contributed by atoms with van der Waals surface area (Å²) in [7, 11) is 0. The van der Waals surface area contributed by atoms with E-state index in [1.807, 2.05) is 0 Å². The van der Waals surface area contributed by atoms with Gasteiger partial charge in [-0.05, 0) is 67.6 Å². The fourth-order valence-corrected chi connectivity index (χ4v) is 8.18. The highest BCUT2D eigenvalue weighted by Crippen LogP contribution is 2.70. The van der Waals surface area contributed by atoms with E-state index in [1.165, 1.54) is 0 Å². The first-order valence-electron chi connectivity index (χ1n) is 11.6. The van der Waals surface area contributed by atoms with Crippen molar-refractivity contribution >= 4 is 11.9 Å². The molecule has 0 aromatic rings. The van der Waals surface area contributed by atoms with Crippen molar-refractivity contribution in [1.29, 1.82) is 0 Å². The first-order valence-corrected chi connectivity index (χ1v) is 11.6. The van der Waals surface area contributed by atoms with Crippen molar-refractivity contribution in [2.75, 3.05) is 0 Å². The number of carbonyl (C=O) groups is 2. The van der Waals surface area contributed by atoms with Crippen LogP contribution in [0.1, 0.15) is 78.1 Å². The Hall–Kier alpha value is -1.98. The van der Waals surface area contributed by atoms with Gasteiger partial charge >= 0.3 is 11.9 Å². The van der Waals surface area contributed by atoms with Gasteiger partial charge < -0.3 is 14.9 Å². The van der Waals surface area contributed by atoms with Crippen LogP contribution in [0.15, 0.2) is 0 Å². The molecule has 4 aliphatic carbocycles. The van der Waals surface area contributed by atoms with Crippen LogP contribution < -0.4 is 0 Å². The van der Waals surface area contributed by atoms with Crippen molar-refractivity contribution < 1.29 is 24.5 Å². The summed E-state index contributed by atoms with van der Waals surface area (Å²) in [6.07, 6.45) is 18.2. The third-order valence-electron chi connectivity index (χ3n) is 9.81.